The van der Waals surface area contributed by atoms with Crippen LogP contribution in [0.2, 0.25) is 0 Å². The minimum absolute atomic E-state index is 0.179. The molecule has 6 atom stereocenters. The summed E-state index contributed by atoms with van der Waals surface area (Å²) in [5.74, 6) is 0.547. The average molecular weight is 324 g/mol. The fourth-order valence-electron chi connectivity index (χ4n) is 4.47. The van der Waals surface area contributed by atoms with Gasteiger partial charge in [-0.15, -0.1) is 0 Å². The molecule has 4 heteroatoms. The second kappa shape index (κ2) is 8.16. The molecule has 0 aromatic carbocycles. The van der Waals surface area contributed by atoms with Crippen molar-refractivity contribution in [3.8, 4) is 0 Å². The van der Waals surface area contributed by atoms with Crippen molar-refractivity contribution in [1.82, 2.24) is 0 Å². The maximum Gasteiger partial charge on any atom is 0.310 e. The van der Waals surface area contributed by atoms with Crippen LogP contribution in [0.3, 0.4) is 0 Å². The monoisotopic (exact) mass is 324 g/mol. The van der Waals surface area contributed by atoms with E-state index in [1.165, 1.54) is 0 Å². The molecule has 6 unspecified atom stereocenters. The largest absolute Gasteiger partial charge is 0.465 e. The zero-order valence-electron chi connectivity index (χ0n) is 15.0. The molecule has 23 heavy (non-hydrogen) atoms. The Hall–Kier alpha value is -1.06. The molecule has 2 bridgehead atoms. The first-order valence-electron chi connectivity index (χ1n) is 9.36. The molecule has 0 spiro atoms. The van der Waals surface area contributed by atoms with Crippen LogP contribution in [0.5, 0.6) is 0 Å². The molecule has 0 saturated heterocycles. The van der Waals surface area contributed by atoms with Gasteiger partial charge in [0.25, 0.3) is 0 Å². The van der Waals surface area contributed by atoms with E-state index in [9.17, 15) is 9.59 Å². The third-order valence-electron chi connectivity index (χ3n) is 6.06. The maximum atomic E-state index is 12.6. The van der Waals surface area contributed by atoms with E-state index in [1.807, 2.05) is 0 Å². The van der Waals surface area contributed by atoms with E-state index in [0.29, 0.717) is 25.0 Å². The molecule has 0 amide bonds. The van der Waals surface area contributed by atoms with Crippen molar-refractivity contribution in [1.29, 1.82) is 0 Å². The number of hydrogen-bond acceptors (Lipinski definition) is 4. The summed E-state index contributed by atoms with van der Waals surface area (Å²) in [4.78, 5) is 25.2. The van der Waals surface area contributed by atoms with Crippen LogP contribution in [0, 0.1) is 35.5 Å². The van der Waals surface area contributed by atoms with Gasteiger partial charge in [0.1, 0.15) is 0 Å². The number of unbranched alkanes of at least 4 members (excludes halogenated alkanes) is 2. The molecule has 0 N–H and O–H groups in total. The van der Waals surface area contributed by atoms with Gasteiger partial charge in [0.2, 0.25) is 0 Å². The fraction of sp³-hybridized carbons (Fsp3) is 0.895. The summed E-state index contributed by atoms with van der Waals surface area (Å²) in [7, 11) is 0. The van der Waals surface area contributed by atoms with Gasteiger partial charge in [-0.2, -0.15) is 0 Å². The van der Waals surface area contributed by atoms with E-state index in [2.05, 4.69) is 27.7 Å². The van der Waals surface area contributed by atoms with Gasteiger partial charge >= 0.3 is 11.9 Å². The van der Waals surface area contributed by atoms with E-state index in [-0.39, 0.29) is 35.6 Å². The van der Waals surface area contributed by atoms with E-state index >= 15 is 0 Å². The summed E-state index contributed by atoms with van der Waals surface area (Å²) in [6.07, 6.45) is 4.72. The molecule has 2 aliphatic rings. The highest BCUT2D eigenvalue weighted by Crippen LogP contribution is 2.58. The number of fused-ring (bicyclic) bond motifs is 2. The highest BCUT2D eigenvalue weighted by atomic mass is 16.5. The molecule has 0 aliphatic heterocycles. The van der Waals surface area contributed by atoms with Crippen molar-refractivity contribution in [2.24, 2.45) is 35.5 Å². The lowest BCUT2D eigenvalue weighted by Crippen LogP contribution is -2.42. The summed E-state index contributed by atoms with van der Waals surface area (Å²) >= 11 is 0. The normalized spacial score (nSPS) is 35.3. The average Bonchev–Trinajstić information content (AvgIpc) is 3.05. The molecular weight excluding hydrogens is 292 g/mol. The third-order valence-corrected chi connectivity index (χ3v) is 6.06. The number of carbonyl (C=O) groups excluding carboxylic acids is 2. The molecule has 0 aromatic rings. The molecular formula is C19H32O4. The first-order chi connectivity index (χ1) is 11.0. The van der Waals surface area contributed by atoms with Crippen molar-refractivity contribution >= 4 is 11.9 Å². The standard InChI is InChI=1S/C19H32O4/c1-5-7-9-22-18(20)16-14-11-15(13(4)12(14)3)17(16)19(21)23-10-8-6-2/h12-17H,5-11H2,1-4H3. The van der Waals surface area contributed by atoms with Gasteiger partial charge in [-0.3, -0.25) is 9.59 Å². The Kier molecular flexibility index (Phi) is 6.49. The first kappa shape index (κ1) is 18.3. The van der Waals surface area contributed by atoms with E-state index < -0.39 is 0 Å². The third kappa shape index (κ3) is 3.72. The summed E-state index contributed by atoms with van der Waals surface area (Å²) in [5, 5.41) is 0. The number of ether oxygens (including phenoxy) is 2. The van der Waals surface area contributed by atoms with Gasteiger partial charge in [0.15, 0.2) is 0 Å². The van der Waals surface area contributed by atoms with Crippen LogP contribution in [-0.4, -0.2) is 25.2 Å². The van der Waals surface area contributed by atoms with Crippen LogP contribution in [0.1, 0.15) is 59.8 Å². The molecule has 2 fully saturated rings. The van der Waals surface area contributed by atoms with E-state index in [4.69, 9.17) is 9.47 Å². The molecule has 0 radical (unpaired) electrons. The maximum absolute atomic E-state index is 12.6. The predicted octanol–water partition coefficient (Wildman–Crippen LogP) is 3.83. The van der Waals surface area contributed by atoms with Gasteiger partial charge < -0.3 is 9.47 Å². The van der Waals surface area contributed by atoms with Crippen LogP contribution in [0.25, 0.3) is 0 Å². The van der Waals surface area contributed by atoms with Gasteiger partial charge in [0.05, 0.1) is 25.0 Å². The molecule has 4 nitrogen and oxygen atoms in total. The van der Waals surface area contributed by atoms with Crippen molar-refractivity contribution in [3.05, 3.63) is 0 Å². The van der Waals surface area contributed by atoms with Crippen LogP contribution in [0.15, 0.2) is 0 Å². The second-order valence-electron chi connectivity index (χ2n) is 7.38. The zero-order chi connectivity index (χ0) is 17.0. The zero-order valence-corrected chi connectivity index (χ0v) is 15.0. The number of carbonyl (C=O) groups is 2. The quantitative estimate of drug-likeness (QED) is 0.503. The number of esters is 2. The summed E-state index contributed by atoms with van der Waals surface area (Å²) in [6.45, 7) is 9.49. The minimum atomic E-state index is -0.294. The highest BCUT2D eigenvalue weighted by Gasteiger charge is 2.60. The van der Waals surface area contributed by atoms with Crippen molar-refractivity contribution in [3.63, 3.8) is 0 Å². The predicted molar refractivity (Wildman–Crippen MR) is 88.6 cm³/mol. The Morgan fingerprint density at radius 2 is 1.22 bits per heavy atom. The molecule has 2 saturated carbocycles. The highest BCUT2D eigenvalue weighted by molar-refractivity contribution is 5.84. The Morgan fingerprint density at radius 3 is 1.57 bits per heavy atom. The smallest absolute Gasteiger partial charge is 0.310 e. The Labute approximate surface area is 140 Å². The number of hydrogen-bond donors (Lipinski definition) is 0. The second-order valence-corrected chi connectivity index (χ2v) is 7.38. The number of rotatable bonds is 8. The molecule has 0 heterocycles. The lowest BCUT2D eigenvalue weighted by atomic mass is 9.69. The van der Waals surface area contributed by atoms with Crippen molar-refractivity contribution in [2.45, 2.75) is 59.8 Å². The molecule has 132 valence electrons. The van der Waals surface area contributed by atoms with Crippen LogP contribution in [-0.2, 0) is 19.1 Å². The molecule has 2 rings (SSSR count). The lowest BCUT2D eigenvalue weighted by Gasteiger charge is -2.35. The van der Waals surface area contributed by atoms with Crippen LogP contribution >= 0.6 is 0 Å². The van der Waals surface area contributed by atoms with Crippen LogP contribution in [0.4, 0.5) is 0 Å². The van der Waals surface area contributed by atoms with E-state index in [0.717, 1.165) is 32.1 Å². The molecule has 0 aromatic heterocycles. The topological polar surface area (TPSA) is 52.6 Å². The van der Waals surface area contributed by atoms with Gasteiger partial charge in [-0.1, -0.05) is 40.5 Å². The van der Waals surface area contributed by atoms with Crippen molar-refractivity contribution < 1.29 is 19.1 Å². The van der Waals surface area contributed by atoms with Gasteiger partial charge in [-0.25, -0.2) is 0 Å². The summed E-state index contributed by atoms with van der Waals surface area (Å²) in [5.41, 5.74) is 0. The van der Waals surface area contributed by atoms with E-state index in [1.54, 1.807) is 0 Å². The molecule has 2 aliphatic carbocycles. The fourth-order valence-corrected chi connectivity index (χ4v) is 4.47. The lowest BCUT2D eigenvalue weighted by molar-refractivity contribution is -0.166. The first-order valence-corrected chi connectivity index (χ1v) is 9.36. The summed E-state index contributed by atoms with van der Waals surface area (Å²) < 4.78 is 10.9. The van der Waals surface area contributed by atoms with Crippen molar-refractivity contribution in [2.75, 3.05) is 13.2 Å². The minimum Gasteiger partial charge on any atom is -0.465 e. The summed E-state index contributed by atoms with van der Waals surface area (Å²) in [6, 6.07) is 0. The Bertz CT molecular complexity index is 382. The van der Waals surface area contributed by atoms with Gasteiger partial charge in [0, 0.05) is 0 Å². The Morgan fingerprint density at radius 1 is 0.826 bits per heavy atom. The Balaban J connectivity index is 2.06. The SMILES string of the molecule is CCCCOC(=O)C1C2CC(C(C)C2C)C1C(=O)OCCCC. The van der Waals surface area contributed by atoms with Crippen LogP contribution < -0.4 is 0 Å². The van der Waals surface area contributed by atoms with Gasteiger partial charge in [-0.05, 0) is 42.9 Å².